The number of halogens is 2. The van der Waals surface area contributed by atoms with E-state index in [1.807, 2.05) is 0 Å². The van der Waals surface area contributed by atoms with Gasteiger partial charge in [0, 0.05) is 51.0 Å². The van der Waals surface area contributed by atoms with Crippen molar-refractivity contribution in [3.05, 3.63) is 36.2 Å². The van der Waals surface area contributed by atoms with Crippen molar-refractivity contribution in [2.45, 2.75) is 63.5 Å². The maximum atomic E-state index is 14.2. The van der Waals surface area contributed by atoms with E-state index in [1.54, 1.807) is 30.3 Å². The van der Waals surface area contributed by atoms with Crippen LogP contribution in [0, 0.1) is 5.92 Å². The van der Waals surface area contributed by atoms with E-state index >= 15 is 0 Å². The topological polar surface area (TPSA) is 118 Å². The Morgan fingerprint density at radius 1 is 0.907 bits per heavy atom. The fourth-order valence-electron chi connectivity index (χ4n) is 6.21. The molecule has 1 aliphatic carbocycles. The van der Waals surface area contributed by atoms with Crippen LogP contribution >= 0.6 is 0 Å². The molecular formula is C30H40F2N8O3. The maximum Gasteiger partial charge on any atom is 0.315 e. The molecule has 1 saturated carbocycles. The Hall–Kier alpha value is -3.58. The third-order valence-corrected chi connectivity index (χ3v) is 8.62. The molecular weight excluding hydrogens is 558 g/mol. The highest BCUT2D eigenvalue weighted by atomic mass is 19.3. The van der Waals surface area contributed by atoms with E-state index in [9.17, 15) is 13.6 Å². The van der Waals surface area contributed by atoms with Gasteiger partial charge in [0.15, 0.2) is 5.82 Å². The van der Waals surface area contributed by atoms with Crippen LogP contribution in [-0.4, -0.2) is 83.7 Å². The van der Waals surface area contributed by atoms with Crippen molar-refractivity contribution in [2.75, 3.05) is 56.3 Å². The molecule has 0 spiro atoms. The predicted molar refractivity (Wildman–Crippen MR) is 159 cm³/mol. The lowest BCUT2D eigenvalue weighted by molar-refractivity contribution is 0.0641. The molecule has 0 radical (unpaired) electrons. The van der Waals surface area contributed by atoms with Gasteiger partial charge in [0.1, 0.15) is 11.6 Å². The molecule has 2 aromatic heterocycles. The van der Waals surface area contributed by atoms with Gasteiger partial charge >= 0.3 is 6.03 Å². The summed E-state index contributed by atoms with van der Waals surface area (Å²) >= 11 is 0. The second-order valence-electron chi connectivity index (χ2n) is 11.5. The number of carbonyl (C=O) groups excluding carboxylic acids is 1. The van der Waals surface area contributed by atoms with Crippen molar-refractivity contribution in [2.24, 2.45) is 5.92 Å². The minimum absolute atomic E-state index is 0.0940. The number of benzene rings is 1. The normalized spacial score (nSPS) is 21.7. The van der Waals surface area contributed by atoms with Crippen LogP contribution in [0.2, 0.25) is 0 Å². The first-order chi connectivity index (χ1) is 21.0. The third kappa shape index (κ3) is 7.32. The van der Waals surface area contributed by atoms with Gasteiger partial charge in [0.05, 0.1) is 24.2 Å². The Bertz CT molecular complexity index is 1370. The first-order valence-electron chi connectivity index (χ1n) is 15.4. The van der Waals surface area contributed by atoms with Crippen molar-refractivity contribution < 1.29 is 23.0 Å². The van der Waals surface area contributed by atoms with Crippen LogP contribution in [0.15, 0.2) is 30.3 Å². The van der Waals surface area contributed by atoms with Gasteiger partial charge in [0.2, 0.25) is 5.95 Å². The summed E-state index contributed by atoms with van der Waals surface area (Å²) in [5.74, 6) is 1.66. The number of ether oxygens (including phenoxy) is 2. The first kappa shape index (κ1) is 29.5. The molecule has 232 valence electrons. The highest BCUT2D eigenvalue weighted by molar-refractivity contribution is 5.78. The van der Waals surface area contributed by atoms with Crippen LogP contribution in [0.25, 0.3) is 16.9 Å². The molecule has 13 heteroatoms. The molecule has 43 heavy (non-hydrogen) atoms. The average Bonchev–Trinajstić information content (AvgIpc) is 3.43. The second kappa shape index (κ2) is 13.8. The number of amides is 2. The Labute approximate surface area is 249 Å². The molecule has 6 rings (SSSR count). The quantitative estimate of drug-likeness (QED) is 0.331. The Kier molecular flexibility index (Phi) is 9.47. The SMILES string of the molecule is O=C(NCCC1CCOCC1)NC1CCC(Nc2nc(N3CCOCC3)cc(-n3c(C(F)F)nc4ccccc43)n2)CC1. The van der Waals surface area contributed by atoms with Gasteiger partial charge in [-0.15, -0.1) is 0 Å². The zero-order chi connectivity index (χ0) is 29.6. The summed E-state index contributed by atoms with van der Waals surface area (Å²) in [6.07, 6.45) is 3.62. The number of fused-ring (bicyclic) bond motifs is 1. The van der Waals surface area contributed by atoms with Gasteiger partial charge in [-0.1, -0.05) is 12.1 Å². The molecule has 0 unspecified atom stereocenters. The number of aromatic nitrogens is 4. The van der Waals surface area contributed by atoms with E-state index in [4.69, 9.17) is 19.4 Å². The summed E-state index contributed by atoms with van der Waals surface area (Å²) < 4.78 is 40.7. The van der Waals surface area contributed by atoms with Crippen molar-refractivity contribution in [3.8, 4) is 5.82 Å². The predicted octanol–water partition coefficient (Wildman–Crippen LogP) is 4.43. The first-order valence-corrected chi connectivity index (χ1v) is 15.4. The van der Waals surface area contributed by atoms with E-state index < -0.39 is 6.43 Å². The smallest absolute Gasteiger partial charge is 0.315 e. The molecule has 3 aliphatic rings. The number of para-hydroxylation sites is 2. The second-order valence-corrected chi connectivity index (χ2v) is 11.5. The van der Waals surface area contributed by atoms with Crippen LogP contribution in [0.4, 0.5) is 25.3 Å². The standard InChI is InChI=1S/C30H40F2N8O3/c31-27(32)28-36-23-3-1-2-4-24(23)40(28)26-19-25(39-13-17-43-18-14-39)37-29(38-26)34-21-5-7-22(8-6-21)35-30(41)33-12-9-20-10-15-42-16-11-20/h1-4,19-22,27H,5-18H2,(H2,33,35,41)(H,34,37,38). The number of nitrogens with zero attached hydrogens (tertiary/aromatic N) is 5. The zero-order valence-electron chi connectivity index (χ0n) is 24.3. The molecule has 3 N–H and O–H groups in total. The number of carbonyl (C=O) groups is 1. The number of imidazole rings is 1. The number of morpholine rings is 1. The average molecular weight is 599 g/mol. The molecule has 3 fully saturated rings. The molecule has 4 heterocycles. The lowest BCUT2D eigenvalue weighted by atomic mass is 9.91. The number of hydrogen-bond donors (Lipinski definition) is 3. The third-order valence-electron chi connectivity index (χ3n) is 8.62. The molecule has 3 aromatic rings. The van der Waals surface area contributed by atoms with Crippen LogP contribution in [0.3, 0.4) is 0 Å². The van der Waals surface area contributed by atoms with E-state index in [2.05, 4.69) is 25.8 Å². The van der Waals surface area contributed by atoms with Gasteiger partial charge in [-0.3, -0.25) is 4.57 Å². The number of nitrogens with one attached hydrogen (secondary N) is 3. The molecule has 2 aliphatic heterocycles. The summed E-state index contributed by atoms with van der Waals surface area (Å²) in [6.45, 7) is 4.74. The number of urea groups is 1. The Morgan fingerprint density at radius 2 is 1.60 bits per heavy atom. The number of hydrogen-bond acceptors (Lipinski definition) is 8. The Balaban J connectivity index is 1.12. The van der Waals surface area contributed by atoms with E-state index in [0.29, 0.717) is 67.4 Å². The molecule has 0 atom stereocenters. The number of alkyl halides is 2. The lowest BCUT2D eigenvalue weighted by Gasteiger charge is -2.31. The summed E-state index contributed by atoms with van der Waals surface area (Å²) in [5.41, 5.74) is 1.05. The van der Waals surface area contributed by atoms with Gasteiger partial charge in [-0.25, -0.2) is 18.6 Å². The maximum absolute atomic E-state index is 14.2. The molecule has 0 bridgehead atoms. The van der Waals surface area contributed by atoms with Gasteiger partial charge < -0.3 is 30.3 Å². The lowest BCUT2D eigenvalue weighted by Crippen LogP contribution is -2.45. The monoisotopic (exact) mass is 598 g/mol. The van der Waals surface area contributed by atoms with Crippen LogP contribution < -0.4 is 20.9 Å². The van der Waals surface area contributed by atoms with E-state index in [0.717, 1.165) is 58.2 Å². The minimum atomic E-state index is -2.77. The largest absolute Gasteiger partial charge is 0.381 e. The van der Waals surface area contributed by atoms with Crippen molar-refractivity contribution in [1.29, 1.82) is 0 Å². The summed E-state index contributed by atoms with van der Waals surface area (Å²) in [4.78, 5) is 28.3. The van der Waals surface area contributed by atoms with Gasteiger partial charge in [0.25, 0.3) is 6.43 Å². The highest BCUT2D eigenvalue weighted by Gasteiger charge is 2.26. The molecule has 11 nitrogen and oxygen atoms in total. The van der Waals surface area contributed by atoms with Crippen LogP contribution in [0.1, 0.15) is 57.2 Å². The Morgan fingerprint density at radius 3 is 2.37 bits per heavy atom. The molecule has 1 aromatic carbocycles. The fourth-order valence-corrected chi connectivity index (χ4v) is 6.21. The highest BCUT2D eigenvalue weighted by Crippen LogP contribution is 2.30. The van der Waals surface area contributed by atoms with Gasteiger partial charge in [-0.2, -0.15) is 9.97 Å². The summed E-state index contributed by atoms with van der Waals surface area (Å²) in [5, 5.41) is 9.59. The minimum Gasteiger partial charge on any atom is -0.381 e. The van der Waals surface area contributed by atoms with Crippen molar-refractivity contribution >= 4 is 28.8 Å². The van der Waals surface area contributed by atoms with Crippen molar-refractivity contribution in [3.63, 3.8) is 0 Å². The van der Waals surface area contributed by atoms with E-state index in [-0.39, 0.29) is 23.9 Å². The van der Waals surface area contributed by atoms with E-state index in [1.165, 1.54) is 4.57 Å². The van der Waals surface area contributed by atoms with Crippen LogP contribution in [-0.2, 0) is 9.47 Å². The van der Waals surface area contributed by atoms with Crippen LogP contribution in [0.5, 0.6) is 0 Å². The number of anilines is 2. The van der Waals surface area contributed by atoms with Crippen molar-refractivity contribution in [1.82, 2.24) is 30.2 Å². The fraction of sp³-hybridized carbons (Fsp3) is 0.600. The zero-order valence-corrected chi connectivity index (χ0v) is 24.3. The molecule has 2 amide bonds. The summed E-state index contributed by atoms with van der Waals surface area (Å²) in [6, 6.07) is 8.91. The number of rotatable bonds is 9. The summed E-state index contributed by atoms with van der Waals surface area (Å²) in [7, 11) is 0. The molecule has 2 saturated heterocycles. The van der Waals surface area contributed by atoms with Gasteiger partial charge in [-0.05, 0) is 63.0 Å².